The van der Waals surface area contributed by atoms with Crippen LogP contribution in [0.4, 0.5) is 4.39 Å². The number of sulfonamides is 1. The quantitative estimate of drug-likeness (QED) is 0.767. The summed E-state index contributed by atoms with van der Waals surface area (Å²) in [6.45, 7) is 4.17. The second-order valence-electron chi connectivity index (χ2n) is 4.80. The Morgan fingerprint density at radius 1 is 1.48 bits per heavy atom. The summed E-state index contributed by atoms with van der Waals surface area (Å²) < 4.78 is 41.3. The van der Waals surface area contributed by atoms with Gasteiger partial charge in [0.25, 0.3) is 0 Å². The third-order valence-corrected chi connectivity index (χ3v) is 4.41. The summed E-state index contributed by atoms with van der Waals surface area (Å²) >= 11 is 3.01. The Labute approximate surface area is 131 Å². The highest BCUT2D eigenvalue weighted by Gasteiger charge is 2.21. The molecule has 0 radical (unpaired) electrons. The average molecular weight is 382 g/mol. The van der Waals surface area contributed by atoms with Crippen LogP contribution in [0.3, 0.4) is 0 Å². The lowest BCUT2D eigenvalue weighted by Crippen LogP contribution is -2.17. The molecule has 0 aliphatic rings. The standard InChI is InChI=1S/C13H17BrFNO4S/c1-3-4-8(2)7-20-13(17)9-5-12(21(16,18)19)11(15)6-10(9)14/h5-6,8H,3-4,7H2,1-2H3,(H2,16,18,19). The van der Waals surface area contributed by atoms with E-state index in [0.29, 0.717) is 0 Å². The van der Waals surface area contributed by atoms with Crippen LogP contribution in [0.5, 0.6) is 0 Å². The van der Waals surface area contributed by atoms with E-state index in [-0.39, 0.29) is 22.6 Å². The molecule has 0 saturated heterocycles. The van der Waals surface area contributed by atoms with Crippen molar-refractivity contribution < 1.29 is 22.3 Å². The number of hydrogen-bond donors (Lipinski definition) is 1. The molecule has 1 unspecified atom stereocenters. The van der Waals surface area contributed by atoms with Crippen molar-refractivity contribution in [3.05, 3.63) is 28.0 Å². The third-order valence-electron chi connectivity index (χ3n) is 2.83. The number of esters is 1. The molecule has 0 aliphatic heterocycles. The molecule has 21 heavy (non-hydrogen) atoms. The van der Waals surface area contributed by atoms with Crippen LogP contribution >= 0.6 is 15.9 Å². The number of ether oxygens (including phenoxy) is 1. The molecule has 2 N–H and O–H groups in total. The first-order valence-electron chi connectivity index (χ1n) is 6.35. The number of halogens is 2. The molecule has 1 atom stereocenters. The van der Waals surface area contributed by atoms with Gasteiger partial charge in [-0.25, -0.2) is 22.7 Å². The van der Waals surface area contributed by atoms with Crippen LogP contribution in [-0.2, 0) is 14.8 Å². The van der Waals surface area contributed by atoms with Gasteiger partial charge in [0.1, 0.15) is 10.7 Å². The first-order valence-corrected chi connectivity index (χ1v) is 8.69. The van der Waals surface area contributed by atoms with Gasteiger partial charge in [-0.05, 0) is 40.4 Å². The number of carbonyl (C=O) groups is 1. The molecular formula is C13H17BrFNO4S. The van der Waals surface area contributed by atoms with E-state index in [9.17, 15) is 17.6 Å². The molecule has 0 fully saturated rings. The maximum Gasteiger partial charge on any atom is 0.339 e. The summed E-state index contributed by atoms with van der Waals surface area (Å²) in [5.41, 5.74) is -0.0795. The van der Waals surface area contributed by atoms with Gasteiger partial charge in [0.05, 0.1) is 12.2 Å². The summed E-state index contributed by atoms with van der Waals surface area (Å²) in [4.78, 5) is 11.2. The highest BCUT2D eigenvalue weighted by Crippen LogP contribution is 2.24. The molecule has 1 aromatic carbocycles. The Bertz CT molecular complexity index is 633. The molecule has 0 heterocycles. The normalized spacial score (nSPS) is 13.0. The summed E-state index contributed by atoms with van der Waals surface area (Å²) in [6, 6.07) is 1.76. The summed E-state index contributed by atoms with van der Waals surface area (Å²) in [5, 5.41) is 4.90. The van der Waals surface area contributed by atoms with Gasteiger partial charge in [-0.3, -0.25) is 0 Å². The maximum atomic E-state index is 13.6. The van der Waals surface area contributed by atoms with E-state index in [1.54, 1.807) is 0 Å². The highest BCUT2D eigenvalue weighted by molar-refractivity contribution is 9.10. The van der Waals surface area contributed by atoms with E-state index in [1.165, 1.54) is 0 Å². The van der Waals surface area contributed by atoms with Crippen LogP contribution in [-0.4, -0.2) is 21.0 Å². The van der Waals surface area contributed by atoms with Crippen molar-refractivity contribution in [2.75, 3.05) is 6.61 Å². The summed E-state index contributed by atoms with van der Waals surface area (Å²) in [7, 11) is -4.25. The van der Waals surface area contributed by atoms with Gasteiger partial charge in [-0.1, -0.05) is 20.3 Å². The molecule has 0 aliphatic carbocycles. The van der Waals surface area contributed by atoms with E-state index < -0.39 is 26.7 Å². The lowest BCUT2D eigenvalue weighted by atomic mass is 10.1. The molecule has 5 nitrogen and oxygen atoms in total. The predicted octanol–water partition coefficient (Wildman–Crippen LogP) is 2.83. The maximum absolute atomic E-state index is 13.6. The van der Waals surface area contributed by atoms with E-state index in [0.717, 1.165) is 25.0 Å². The topological polar surface area (TPSA) is 86.5 Å². The molecule has 0 aromatic heterocycles. The fraction of sp³-hybridized carbons (Fsp3) is 0.462. The number of primary sulfonamides is 1. The van der Waals surface area contributed by atoms with Gasteiger partial charge in [0.15, 0.2) is 0 Å². The molecule has 0 spiro atoms. The van der Waals surface area contributed by atoms with Crippen molar-refractivity contribution in [2.24, 2.45) is 11.1 Å². The Balaban J connectivity index is 3.00. The van der Waals surface area contributed by atoms with E-state index in [2.05, 4.69) is 15.9 Å². The minimum Gasteiger partial charge on any atom is -0.462 e. The van der Waals surface area contributed by atoms with Gasteiger partial charge in [0.2, 0.25) is 10.0 Å². The predicted molar refractivity (Wildman–Crippen MR) is 79.8 cm³/mol. The first kappa shape index (κ1) is 18.1. The number of nitrogens with two attached hydrogens (primary N) is 1. The van der Waals surface area contributed by atoms with Crippen LogP contribution in [0.15, 0.2) is 21.5 Å². The van der Waals surface area contributed by atoms with Gasteiger partial charge in [-0.2, -0.15) is 0 Å². The minimum atomic E-state index is -4.25. The molecule has 0 amide bonds. The zero-order valence-corrected chi connectivity index (χ0v) is 14.1. The molecule has 0 bridgehead atoms. The second kappa shape index (κ2) is 7.33. The molecule has 118 valence electrons. The smallest absolute Gasteiger partial charge is 0.339 e. The van der Waals surface area contributed by atoms with Crippen LogP contribution in [0.25, 0.3) is 0 Å². The van der Waals surface area contributed by atoms with Crippen LogP contribution in [0, 0.1) is 11.7 Å². The fourth-order valence-electron chi connectivity index (χ4n) is 1.78. The van der Waals surface area contributed by atoms with Crippen LogP contribution in [0.1, 0.15) is 37.0 Å². The first-order chi connectivity index (χ1) is 9.66. The van der Waals surface area contributed by atoms with Gasteiger partial charge in [-0.15, -0.1) is 0 Å². The Morgan fingerprint density at radius 3 is 2.62 bits per heavy atom. The largest absolute Gasteiger partial charge is 0.462 e. The van der Waals surface area contributed by atoms with Crippen molar-refractivity contribution in [1.29, 1.82) is 0 Å². The van der Waals surface area contributed by atoms with Crippen LogP contribution in [0.2, 0.25) is 0 Å². The van der Waals surface area contributed by atoms with Crippen molar-refractivity contribution in [3.8, 4) is 0 Å². The number of hydrogen-bond acceptors (Lipinski definition) is 4. The SMILES string of the molecule is CCCC(C)COC(=O)c1cc(S(N)(=O)=O)c(F)cc1Br. The second-order valence-corrected chi connectivity index (χ2v) is 7.18. The van der Waals surface area contributed by atoms with Crippen LogP contribution < -0.4 is 5.14 Å². The molecular weight excluding hydrogens is 365 g/mol. The molecule has 1 aromatic rings. The Morgan fingerprint density at radius 2 is 2.10 bits per heavy atom. The molecule has 0 saturated carbocycles. The number of carbonyl (C=O) groups excluding carboxylic acids is 1. The Hall–Kier alpha value is -0.990. The number of rotatable bonds is 6. The average Bonchev–Trinajstić information content (AvgIpc) is 2.34. The molecule has 1 rings (SSSR count). The van der Waals surface area contributed by atoms with E-state index in [1.807, 2.05) is 13.8 Å². The van der Waals surface area contributed by atoms with Gasteiger partial charge < -0.3 is 4.74 Å². The van der Waals surface area contributed by atoms with Gasteiger partial charge in [0, 0.05) is 4.47 Å². The highest BCUT2D eigenvalue weighted by atomic mass is 79.9. The summed E-state index contributed by atoms with van der Waals surface area (Å²) in [6.07, 6.45) is 1.87. The lowest BCUT2D eigenvalue weighted by Gasteiger charge is -2.12. The van der Waals surface area contributed by atoms with Gasteiger partial charge >= 0.3 is 5.97 Å². The number of benzene rings is 1. The van der Waals surface area contributed by atoms with E-state index >= 15 is 0 Å². The van der Waals surface area contributed by atoms with Crippen molar-refractivity contribution in [2.45, 2.75) is 31.6 Å². The Kier molecular flexibility index (Phi) is 6.30. The van der Waals surface area contributed by atoms with E-state index in [4.69, 9.17) is 9.88 Å². The fourth-order valence-corrected chi connectivity index (χ4v) is 2.87. The zero-order chi connectivity index (χ0) is 16.2. The van der Waals surface area contributed by atoms with Crippen molar-refractivity contribution in [1.82, 2.24) is 0 Å². The summed E-state index contributed by atoms with van der Waals surface area (Å²) in [5.74, 6) is -1.56. The zero-order valence-electron chi connectivity index (χ0n) is 11.7. The third kappa shape index (κ3) is 5.05. The monoisotopic (exact) mass is 381 g/mol. The molecule has 8 heteroatoms. The van der Waals surface area contributed by atoms with Crippen molar-refractivity contribution >= 4 is 31.9 Å². The van der Waals surface area contributed by atoms with Crippen molar-refractivity contribution in [3.63, 3.8) is 0 Å². The lowest BCUT2D eigenvalue weighted by molar-refractivity contribution is 0.0442. The minimum absolute atomic E-state index is 0.0795.